The maximum atomic E-state index is 11.1. The van der Waals surface area contributed by atoms with E-state index in [0.717, 1.165) is 6.08 Å². The summed E-state index contributed by atoms with van der Waals surface area (Å²) >= 11 is 0. The first-order chi connectivity index (χ1) is 9.12. The van der Waals surface area contributed by atoms with Crippen LogP contribution in [0.25, 0.3) is 0 Å². The number of fused-ring (bicyclic) bond motifs is 2. The van der Waals surface area contributed by atoms with E-state index < -0.39 is 28.7 Å². The van der Waals surface area contributed by atoms with Crippen LogP contribution >= 0.6 is 0 Å². The molecule has 20 heavy (non-hydrogen) atoms. The number of hydrogen-bond acceptors (Lipinski definition) is 4. The molecule has 0 unspecified atom stereocenters. The highest BCUT2D eigenvalue weighted by Crippen LogP contribution is 2.57. The highest BCUT2D eigenvalue weighted by Gasteiger charge is 2.67. The van der Waals surface area contributed by atoms with Gasteiger partial charge in [-0.15, -0.1) is 0 Å². The zero-order chi connectivity index (χ0) is 15.2. The second-order valence-electron chi connectivity index (χ2n) is 6.47. The van der Waals surface area contributed by atoms with Gasteiger partial charge in [0.15, 0.2) is 0 Å². The predicted molar refractivity (Wildman–Crippen MR) is 73.2 cm³/mol. The first-order valence-electron chi connectivity index (χ1n) is 6.77. The van der Waals surface area contributed by atoms with Gasteiger partial charge in [0.1, 0.15) is 11.2 Å². The van der Waals surface area contributed by atoms with Crippen molar-refractivity contribution in [2.24, 2.45) is 5.41 Å². The molecule has 2 fully saturated rings. The Kier molecular flexibility index (Phi) is 3.57. The Morgan fingerprint density at radius 1 is 1.35 bits per heavy atom. The Balaban J connectivity index is 2.34. The number of aliphatic hydroxyl groups is 2. The summed E-state index contributed by atoms with van der Waals surface area (Å²) < 4.78 is 5.77. The van der Waals surface area contributed by atoms with Crippen LogP contribution < -0.4 is 0 Å². The summed E-state index contributed by atoms with van der Waals surface area (Å²) in [4.78, 5) is 10.6. The molecule has 112 valence electrons. The molecule has 0 radical (unpaired) electrons. The molecule has 1 saturated heterocycles. The van der Waals surface area contributed by atoms with Crippen molar-refractivity contribution in [3.8, 4) is 0 Å². The molecule has 3 N–H and O–H groups in total. The minimum atomic E-state index is -1.22. The van der Waals surface area contributed by atoms with E-state index in [-0.39, 0.29) is 0 Å². The van der Waals surface area contributed by atoms with Crippen molar-refractivity contribution in [1.29, 1.82) is 0 Å². The molecule has 0 amide bonds. The Bertz CT molecular complexity index is 461. The summed E-state index contributed by atoms with van der Waals surface area (Å²) in [7, 11) is 0. The third-order valence-electron chi connectivity index (χ3n) is 4.69. The molecular formula is C15H22O5. The molecule has 0 spiro atoms. The lowest BCUT2D eigenvalue weighted by Crippen LogP contribution is -2.60. The van der Waals surface area contributed by atoms with Crippen molar-refractivity contribution < 1.29 is 24.9 Å². The second-order valence-corrected chi connectivity index (χ2v) is 6.47. The lowest BCUT2D eigenvalue weighted by atomic mass is 9.59. The summed E-state index contributed by atoms with van der Waals surface area (Å²) in [5, 5.41) is 29.7. The normalized spacial score (nSPS) is 45.0. The molecule has 0 aromatic carbocycles. The number of ether oxygens (including phenoxy) is 1. The number of carboxylic acids is 1. The molecular weight excluding hydrogens is 260 g/mol. The number of carbonyl (C=O) groups is 1. The topological polar surface area (TPSA) is 87.0 Å². The molecule has 1 aliphatic carbocycles. The lowest BCUT2D eigenvalue weighted by molar-refractivity contribution is -0.150. The third kappa shape index (κ3) is 2.20. The highest BCUT2D eigenvalue weighted by molar-refractivity contribution is 5.81. The van der Waals surface area contributed by atoms with Crippen molar-refractivity contribution in [2.75, 3.05) is 6.61 Å². The third-order valence-corrected chi connectivity index (χ3v) is 4.69. The summed E-state index contributed by atoms with van der Waals surface area (Å²) in [6.45, 7) is 5.73. The average molecular weight is 282 g/mol. The van der Waals surface area contributed by atoms with Gasteiger partial charge in [0.25, 0.3) is 0 Å². The molecule has 1 saturated carbocycles. The van der Waals surface area contributed by atoms with E-state index in [9.17, 15) is 15.0 Å². The largest absolute Gasteiger partial charge is 0.478 e. The van der Waals surface area contributed by atoms with E-state index in [0.29, 0.717) is 25.0 Å². The smallest absolute Gasteiger partial charge is 0.328 e. The molecule has 2 rings (SSSR count). The monoisotopic (exact) mass is 282 g/mol. The number of carboxylic acid groups (broad SMARTS) is 1. The predicted octanol–water partition coefficient (Wildman–Crippen LogP) is 1.25. The number of allylic oxidation sites excluding steroid dienone is 2. The molecule has 0 aromatic heterocycles. The SMILES string of the molecule is CC(=C/C(=O)O)/C=C/[C@]1(O)[C@]2(C)CO[C@]1(C)C[C@@H](O)C2. The fraction of sp³-hybridized carbons (Fsp3) is 0.667. The molecule has 5 heteroatoms. The Labute approximate surface area is 118 Å². The van der Waals surface area contributed by atoms with Crippen molar-refractivity contribution in [2.45, 2.75) is 50.9 Å². The van der Waals surface area contributed by atoms with Crippen molar-refractivity contribution in [3.63, 3.8) is 0 Å². The Morgan fingerprint density at radius 3 is 2.55 bits per heavy atom. The summed E-state index contributed by atoms with van der Waals surface area (Å²) in [5.74, 6) is -1.02. The van der Waals surface area contributed by atoms with Crippen molar-refractivity contribution in [3.05, 3.63) is 23.8 Å². The van der Waals surface area contributed by atoms with Gasteiger partial charge in [-0.1, -0.05) is 13.0 Å². The molecule has 5 nitrogen and oxygen atoms in total. The number of aliphatic carboxylic acids is 1. The van der Waals surface area contributed by atoms with Crippen LogP contribution in [0.5, 0.6) is 0 Å². The Morgan fingerprint density at radius 2 is 2.00 bits per heavy atom. The standard InChI is InChI=1S/C15H22O5/c1-10(6-12(17)18)4-5-15(19)13(2)7-11(16)8-14(15,3)20-9-13/h4-6,11,16,19H,7-9H2,1-3H3,(H,17,18)/b5-4+,10-6-/t11-,13-,14+,15-/m0/s1. The van der Waals surface area contributed by atoms with E-state index in [1.807, 2.05) is 6.92 Å². The maximum Gasteiger partial charge on any atom is 0.328 e. The average Bonchev–Trinajstić information content (AvgIpc) is 2.43. The summed E-state index contributed by atoms with van der Waals surface area (Å²) in [5.41, 5.74) is -2.09. The lowest BCUT2D eigenvalue weighted by Gasteiger charge is -2.49. The number of aliphatic hydroxyl groups excluding tert-OH is 1. The van der Waals surface area contributed by atoms with Gasteiger partial charge in [-0.3, -0.25) is 0 Å². The number of hydrogen-bond donors (Lipinski definition) is 3. The van der Waals surface area contributed by atoms with Crippen molar-refractivity contribution in [1.82, 2.24) is 0 Å². The maximum absolute atomic E-state index is 11.1. The van der Waals surface area contributed by atoms with Gasteiger partial charge in [0, 0.05) is 17.9 Å². The first-order valence-corrected chi connectivity index (χ1v) is 6.77. The van der Waals surface area contributed by atoms with E-state index in [2.05, 4.69) is 0 Å². The van der Waals surface area contributed by atoms with E-state index in [1.165, 1.54) is 0 Å². The molecule has 2 bridgehead atoms. The van der Waals surface area contributed by atoms with Crippen LogP contribution in [0, 0.1) is 5.41 Å². The quantitative estimate of drug-likeness (QED) is 0.536. The van der Waals surface area contributed by atoms with Crippen LogP contribution in [0.4, 0.5) is 0 Å². The van der Waals surface area contributed by atoms with Gasteiger partial charge in [-0.2, -0.15) is 0 Å². The fourth-order valence-electron chi connectivity index (χ4n) is 3.52. The van der Waals surface area contributed by atoms with E-state index in [4.69, 9.17) is 9.84 Å². The van der Waals surface area contributed by atoms with Crippen LogP contribution in [-0.2, 0) is 9.53 Å². The van der Waals surface area contributed by atoms with Crippen LogP contribution in [0.3, 0.4) is 0 Å². The van der Waals surface area contributed by atoms with Gasteiger partial charge in [0.2, 0.25) is 0 Å². The van der Waals surface area contributed by atoms with Crippen LogP contribution in [-0.4, -0.2) is 45.2 Å². The zero-order valence-corrected chi connectivity index (χ0v) is 12.1. The summed E-state index contributed by atoms with van der Waals surface area (Å²) in [6, 6.07) is 0. The van der Waals surface area contributed by atoms with Gasteiger partial charge in [-0.25, -0.2) is 4.79 Å². The fourth-order valence-corrected chi connectivity index (χ4v) is 3.52. The highest BCUT2D eigenvalue weighted by atomic mass is 16.5. The van der Waals surface area contributed by atoms with Crippen LogP contribution in [0.15, 0.2) is 23.8 Å². The van der Waals surface area contributed by atoms with Crippen LogP contribution in [0.2, 0.25) is 0 Å². The summed E-state index contributed by atoms with van der Waals surface area (Å²) in [6.07, 6.45) is 4.66. The molecule has 1 heterocycles. The Hall–Kier alpha value is -1.17. The van der Waals surface area contributed by atoms with E-state index >= 15 is 0 Å². The van der Waals surface area contributed by atoms with Gasteiger partial charge < -0.3 is 20.1 Å². The number of rotatable bonds is 3. The minimum Gasteiger partial charge on any atom is -0.478 e. The van der Waals surface area contributed by atoms with Gasteiger partial charge in [0.05, 0.1) is 12.7 Å². The van der Waals surface area contributed by atoms with E-state index in [1.54, 1.807) is 26.0 Å². The van der Waals surface area contributed by atoms with Gasteiger partial charge in [-0.05, 0) is 31.9 Å². The zero-order valence-electron chi connectivity index (χ0n) is 12.1. The van der Waals surface area contributed by atoms with Gasteiger partial charge >= 0.3 is 5.97 Å². The molecule has 4 atom stereocenters. The van der Waals surface area contributed by atoms with Crippen molar-refractivity contribution >= 4 is 5.97 Å². The molecule has 2 aliphatic rings. The van der Waals surface area contributed by atoms with Crippen LogP contribution in [0.1, 0.15) is 33.6 Å². The first kappa shape index (κ1) is 15.2. The molecule has 0 aromatic rings. The minimum absolute atomic E-state index is 0.366. The molecule has 1 aliphatic heterocycles. The second kappa shape index (κ2) is 4.69.